The lowest BCUT2D eigenvalue weighted by atomic mass is 10.2. The Labute approximate surface area is 117 Å². The average molecular weight is 277 g/mol. The molecule has 0 N–H and O–H groups in total. The van der Waals surface area contributed by atoms with E-state index in [1.165, 1.54) is 6.42 Å². The molecule has 0 radical (unpaired) electrons. The summed E-state index contributed by atoms with van der Waals surface area (Å²) in [5.74, 6) is 0. The molecule has 0 bridgehead atoms. The van der Waals surface area contributed by atoms with Gasteiger partial charge in [0.15, 0.2) is 6.29 Å². The highest BCUT2D eigenvalue weighted by Crippen LogP contribution is 2.13. The summed E-state index contributed by atoms with van der Waals surface area (Å²) >= 11 is 0. The molecular formula is C14H19N3O3. The van der Waals surface area contributed by atoms with Gasteiger partial charge in [0.05, 0.1) is 25.5 Å². The van der Waals surface area contributed by atoms with Crippen molar-refractivity contribution in [1.82, 2.24) is 14.4 Å². The monoisotopic (exact) mass is 277 g/mol. The number of fused-ring (bicyclic) bond motifs is 1. The zero-order valence-corrected chi connectivity index (χ0v) is 11.4. The summed E-state index contributed by atoms with van der Waals surface area (Å²) in [4.78, 5) is 8.51. The minimum atomic E-state index is -0.0493. The highest BCUT2D eigenvalue weighted by molar-refractivity contribution is 5.38. The second kappa shape index (κ2) is 6.78. The highest BCUT2D eigenvalue weighted by atomic mass is 16.7. The van der Waals surface area contributed by atoms with Crippen molar-refractivity contribution in [2.75, 3.05) is 19.8 Å². The van der Waals surface area contributed by atoms with Crippen LogP contribution in [0.15, 0.2) is 24.8 Å². The van der Waals surface area contributed by atoms with E-state index in [4.69, 9.17) is 14.2 Å². The fourth-order valence-corrected chi connectivity index (χ4v) is 2.19. The van der Waals surface area contributed by atoms with Gasteiger partial charge in [0, 0.05) is 25.1 Å². The Morgan fingerprint density at radius 2 is 2.30 bits per heavy atom. The lowest BCUT2D eigenvalue weighted by molar-refractivity contribution is -0.169. The van der Waals surface area contributed by atoms with Gasteiger partial charge in [-0.2, -0.15) is 0 Å². The van der Waals surface area contributed by atoms with Crippen LogP contribution < -0.4 is 0 Å². The Kier molecular flexibility index (Phi) is 4.57. The molecule has 1 aliphatic heterocycles. The molecule has 0 amide bonds. The van der Waals surface area contributed by atoms with Crippen molar-refractivity contribution in [3.63, 3.8) is 0 Å². The van der Waals surface area contributed by atoms with Crippen LogP contribution >= 0.6 is 0 Å². The molecule has 20 heavy (non-hydrogen) atoms. The quantitative estimate of drug-likeness (QED) is 0.753. The smallest absolute Gasteiger partial charge is 0.157 e. The number of aromatic nitrogens is 3. The van der Waals surface area contributed by atoms with E-state index in [1.54, 1.807) is 12.5 Å². The molecule has 1 unspecified atom stereocenters. The number of ether oxygens (including phenoxy) is 3. The van der Waals surface area contributed by atoms with Crippen LogP contribution in [0.5, 0.6) is 0 Å². The zero-order valence-electron chi connectivity index (χ0n) is 11.4. The second-order valence-electron chi connectivity index (χ2n) is 4.79. The van der Waals surface area contributed by atoms with Crippen molar-refractivity contribution in [3.8, 4) is 0 Å². The maximum absolute atomic E-state index is 5.59. The molecule has 3 heterocycles. The van der Waals surface area contributed by atoms with Gasteiger partial charge >= 0.3 is 0 Å². The van der Waals surface area contributed by atoms with Gasteiger partial charge in [-0.15, -0.1) is 0 Å². The molecule has 0 aliphatic carbocycles. The Morgan fingerprint density at radius 3 is 3.20 bits per heavy atom. The summed E-state index contributed by atoms with van der Waals surface area (Å²) in [6.07, 6.45) is 8.61. The molecule has 2 aromatic rings. The minimum Gasteiger partial charge on any atom is -0.373 e. The van der Waals surface area contributed by atoms with Crippen LogP contribution in [0.1, 0.15) is 25.0 Å². The molecule has 108 valence electrons. The van der Waals surface area contributed by atoms with Crippen LogP contribution in [-0.4, -0.2) is 40.5 Å². The molecule has 6 nitrogen and oxygen atoms in total. The molecule has 1 saturated heterocycles. The van der Waals surface area contributed by atoms with E-state index < -0.39 is 0 Å². The van der Waals surface area contributed by atoms with Gasteiger partial charge < -0.3 is 14.2 Å². The topological polar surface area (TPSA) is 57.9 Å². The van der Waals surface area contributed by atoms with Crippen LogP contribution in [0.4, 0.5) is 0 Å². The first-order valence-electron chi connectivity index (χ1n) is 7.00. The van der Waals surface area contributed by atoms with Gasteiger partial charge in [-0.05, 0) is 19.3 Å². The van der Waals surface area contributed by atoms with Crippen molar-refractivity contribution in [2.45, 2.75) is 32.2 Å². The molecule has 0 saturated carbocycles. The number of nitrogens with zero attached hydrogens (tertiary/aromatic N) is 3. The standard InChI is InChI=1S/C14H19N3O3/c1-2-6-19-14(3-1)20-8-7-18-10-12-9-13-15-4-5-17(13)11-16-12/h4-5,9,11,14H,1-3,6-8,10H2. The maximum atomic E-state index is 5.59. The Balaban J connectivity index is 1.36. The van der Waals surface area contributed by atoms with E-state index >= 15 is 0 Å². The van der Waals surface area contributed by atoms with Crippen LogP contribution in [0.3, 0.4) is 0 Å². The van der Waals surface area contributed by atoms with Gasteiger partial charge in [0.25, 0.3) is 0 Å². The first-order chi connectivity index (χ1) is 9.92. The molecule has 1 fully saturated rings. The molecular weight excluding hydrogens is 258 g/mol. The van der Waals surface area contributed by atoms with Gasteiger partial charge in [0.2, 0.25) is 0 Å². The van der Waals surface area contributed by atoms with Crippen LogP contribution in [0.2, 0.25) is 0 Å². The number of hydrogen-bond acceptors (Lipinski definition) is 5. The van der Waals surface area contributed by atoms with Gasteiger partial charge in [0.1, 0.15) is 12.0 Å². The zero-order chi connectivity index (χ0) is 13.6. The molecule has 1 aliphatic rings. The molecule has 0 spiro atoms. The molecule has 1 atom stereocenters. The SMILES string of the molecule is c1cn2cnc(COCCOC3CCCCO3)cc2n1. The molecule has 6 heteroatoms. The second-order valence-corrected chi connectivity index (χ2v) is 4.79. The summed E-state index contributed by atoms with van der Waals surface area (Å²) in [6, 6.07) is 1.92. The predicted molar refractivity (Wildman–Crippen MR) is 72.2 cm³/mol. The average Bonchev–Trinajstić information content (AvgIpc) is 2.95. The first kappa shape index (κ1) is 13.5. The van der Waals surface area contributed by atoms with Crippen LogP contribution in [-0.2, 0) is 20.8 Å². The number of imidazole rings is 1. The third kappa shape index (κ3) is 3.53. The van der Waals surface area contributed by atoms with Crippen molar-refractivity contribution in [2.24, 2.45) is 0 Å². The van der Waals surface area contributed by atoms with E-state index in [0.717, 1.165) is 30.8 Å². The van der Waals surface area contributed by atoms with Crippen LogP contribution in [0.25, 0.3) is 5.65 Å². The lowest BCUT2D eigenvalue weighted by Crippen LogP contribution is -2.23. The van der Waals surface area contributed by atoms with Crippen LogP contribution in [0, 0.1) is 0 Å². The van der Waals surface area contributed by atoms with E-state index in [1.807, 2.05) is 16.7 Å². The molecule has 0 aromatic carbocycles. The van der Waals surface area contributed by atoms with E-state index in [-0.39, 0.29) is 6.29 Å². The molecule has 3 rings (SSSR count). The van der Waals surface area contributed by atoms with Crippen molar-refractivity contribution < 1.29 is 14.2 Å². The normalized spacial score (nSPS) is 19.5. The fraction of sp³-hybridized carbons (Fsp3) is 0.571. The summed E-state index contributed by atoms with van der Waals surface area (Å²) in [6.45, 7) is 2.37. The Hall–Kier alpha value is -1.50. The maximum Gasteiger partial charge on any atom is 0.157 e. The van der Waals surface area contributed by atoms with Crippen molar-refractivity contribution >= 4 is 5.65 Å². The van der Waals surface area contributed by atoms with E-state index in [2.05, 4.69) is 9.97 Å². The number of rotatable bonds is 6. The Bertz CT molecular complexity index is 537. The largest absolute Gasteiger partial charge is 0.373 e. The minimum absolute atomic E-state index is 0.0493. The molecule has 2 aromatic heterocycles. The first-order valence-corrected chi connectivity index (χ1v) is 7.00. The summed E-state index contributed by atoms with van der Waals surface area (Å²) in [5.41, 5.74) is 1.75. The van der Waals surface area contributed by atoms with Gasteiger partial charge in [-0.25, -0.2) is 9.97 Å². The van der Waals surface area contributed by atoms with Gasteiger partial charge in [-0.3, -0.25) is 4.40 Å². The number of hydrogen-bond donors (Lipinski definition) is 0. The fourth-order valence-electron chi connectivity index (χ4n) is 2.19. The summed E-state index contributed by atoms with van der Waals surface area (Å²) < 4.78 is 18.5. The third-order valence-electron chi connectivity index (χ3n) is 3.26. The lowest BCUT2D eigenvalue weighted by Gasteiger charge is -2.22. The van der Waals surface area contributed by atoms with Gasteiger partial charge in [-0.1, -0.05) is 0 Å². The summed E-state index contributed by atoms with van der Waals surface area (Å²) in [7, 11) is 0. The van der Waals surface area contributed by atoms with Crippen molar-refractivity contribution in [1.29, 1.82) is 0 Å². The van der Waals surface area contributed by atoms with E-state index in [9.17, 15) is 0 Å². The highest BCUT2D eigenvalue weighted by Gasteiger charge is 2.13. The van der Waals surface area contributed by atoms with E-state index in [0.29, 0.717) is 19.8 Å². The Morgan fingerprint density at radius 1 is 1.30 bits per heavy atom. The van der Waals surface area contributed by atoms with Crippen molar-refractivity contribution in [3.05, 3.63) is 30.5 Å². The predicted octanol–water partition coefficient (Wildman–Crippen LogP) is 1.79. The third-order valence-corrected chi connectivity index (χ3v) is 3.26. The summed E-state index contributed by atoms with van der Waals surface area (Å²) in [5, 5.41) is 0.